The summed E-state index contributed by atoms with van der Waals surface area (Å²) in [5, 5.41) is 2.80. The van der Waals surface area contributed by atoms with Crippen LogP contribution < -0.4 is 5.32 Å². The van der Waals surface area contributed by atoms with E-state index in [1.165, 1.54) is 12.3 Å². The van der Waals surface area contributed by atoms with Crippen molar-refractivity contribution in [3.63, 3.8) is 0 Å². The van der Waals surface area contributed by atoms with Crippen LogP contribution in [0.5, 0.6) is 0 Å². The third-order valence-corrected chi connectivity index (χ3v) is 7.22. The second-order valence-electron chi connectivity index (χ2n) is 10.3. The minimum atomic E-state index is -0.978. The first-order valence-electron chi connectivity index (χ1n) is 13.4. The van der Waals surface area contributed by atoms with E-state index in [0.717, 1.165) is 37.0 Å². The van der Waals surface area contributed by atoms with Crippen LogP contribution in [0, 0.1) is 11.6 Å². The molecule has 1 aliphatic rings. The number of benzene rings is 2. The number of aromatic nitrogens is 2. The maximum absolute atomic E-state index is 14.2. The number of Topliss-reactive ketones (excluding diaryl/α,β-unsaturated/α-hetero) is 1. The van der Waals surface area contributed by atoms with Gasteiger partial charge in [-0.3, -0.25) is 14.4 Å². The number of halogens is 2. The van der Waals surface area contributed by atoms with E-state index in [2.05, 4.69) is 15.3 Å². The second kappa shape index (κ2) is 12.8. The highest BCUT2D eigenvalue weighted by molar-refractivity contribution is 5.94. The Morgan fingerprint density at radius 2 is 1.87 bits per heavy atom. The number of hydrogen-bond acceptors (Lipinski definition) is 4. The maximum atomic E-state index is 14.2. The normalized spacial score (nSPS) is 16.9. The van der Waals surface area contributed by atoms with Crippen molar-refractivity contribution in [1.82, 2.24) is 20.2 Å². The molecule has 0 bridgehead atoms. The van der Waals surface area contributed by atoms with Crippen LogP contribution in [0.4, 0.5) is 8.78 Å². The van der Waals surface area contributed by atoms with E-state index in [4.69, 9.17) is 0 Å². The molecule has 2 N–H and O–H groups in total. The molecule has 0 saturated carbocycles. The maximum Gasteiger partial charge on any atom is 0.225 e. The van der Waals surface area contributed by atoms with Crippen molar-refractivity contribution in [2.75, 3.05) is 6.54 Å². The molecule has 0 radical (unpaired) electrons. The van der Waals surface area contributed by atoms with Crippen molar-refractivity contribution in [3.05, 3.63) is 77.8 Å². The van der Waals surface area contributed by atoms with Gasteiger partial charge in [-0.15, -0.1) is 0 Å². The van der Waals surface area contributed by atoms with Gasteiger partial charge in [-0.2, -0.15) is 0 Å². The highest BCUT2D eigenvalue weighted by atomic mass is 19.1. The molecule has 1 aromatic heterocycles. The minimum absolute atomic E-state index is 0.0119. The number of amides is 2. The minimum Gasteiger partial charge on any atom is -0.345 e. The largest absolute Gasteiger partial charge is 0.345 e. The quantitative estimate of drug-likeness (QED) is 0.384. The van der Waals surface area contributed by atoms with Crippen molar-refractivity contribution in [3.8, 4) is 11.3 Å². The molecule has 2 amide bonds. The predicted octanol–water partition coefficient (Wildman–Crippen LogP) is 4.94. The van der Waals surface area contributed by atoms with Crippen LogP contribution in [-0.4, -0.2) is 51.1 Å². The van der Waals surface area contributed by atoms with E-state index < -0.39 is 23.6 Å². The zero-order valence-electron chi connectivity index (χ0n) is 22.3. The number of piperidine rings is 1. The summed E-state index contributed by atoms with van der Waals surface area (Å²) in [7, 11) is 0. The smallest absolute Gasteiger partial charge is 0.225 e. The lowest BCUT2D eigenvalue weighted by Crippen LogP contribution is -2.48. The van der Waals surface area contributed by atoms with Gasteiger partial charge < -0.3 is 15.2 Å². The Labute approximate surface area is 227 Å². The van der Waals surface area contributed by atoms with Crippen LogP contribution in [0.3, 0.4) is 0 Å². The predicted molar refractivity (Wildman–Crippen MR) is 144 cm³/mol. The summed E-state index contributed by atoms with van der Waals surface area (Å²) in [6.45, 7) is 4.44. The highest BCUT2D eigenvalue weighted by Crippen LogP contribution is 2.26. The van der Waals surface area contributed by atoms with Gasteiger partial charge >= 0.3 is 0 Å². The number of carbonyl (C=O) groups is 3. The summed E-state index contributed by atoms with van der Waals surface area (Å²) in [6, 6.07) is 11.6. The number of imidazole rings is 1. The number of likely N-dealkylation sites (tertiary alicyclic amines) is 1. The number of ketones is 1. The van der Waals surface area contributed by atoms with Crippen molar-refractivity contribution < 1.29 is 23.2 Å². The molecule has 1 fully saturated rings. The Morgan fingerprint density at radius 1 is 1.10 bits per heavy atom. The average Bonchev–Trinajstić information content (AvgIpc) is 3.39. The van der Waals surface area contributed by atoms with Gasteiger partial charge in [-0.1, -0.05) is 37.3 Å². The highest BCUT2D eigenvalue weighted by Gasteiger charge is 2.30. The van der Waals surface area contributed by atoms with Crippen LogP contribution in [0.1, 0.15) is 63.3 Å². The molecule has 0 spiro atoms. The molecular formula is C30H34F2N4O3. The lowest BCUT2D eigenvalue weighted by atomic mass is 9.96. The zero-order chi connectivity index (χ0) is 27.9. The number of nitrogens with one attached hydrogen (secondary N) is 2. The Balaban J connectivity index is 1.46. The molecule has 7 nitrogen and oxygen atoms in total. The first-order valence-corrected chi connectivity index (χ1v) is 13.4. The van der Waals surface area contributed by atoms with Crippen molar-refractivity contribution in [1.29, 1.82) is 0 Å². The van der Waals surface area contributed by atoms with Gasteiger partial charge in [-0.05, 0) is 43.9 Å². The summed E-state index contributed by atoms with van der Waals surface area (Å²) in [5.74, 6) is -2.11. The monoisotopic (exact) mass is 536 g/mol. The third-order valence-electron chi connectivity index (χ3n) is 7.22. The molecule has 1 aliphatic heterocycles. The fraction of sp³-hybridized carbons (Fsp3) is 0.400. The Hall–Kier alpha value is -3.88. The lowest BCUT2D eigenvalue weighted by Gasteiger charge is -2.34. The van der Waals surface area contributed by atoms with Gasteiger partial charge in [0.15, 0.2) is 5.78 Å². The molecule has 3 aromatic rings. The van der Waals surface area contributed by atoms with Gasteiger partial charge in [0.05, 0.1) is 30.8 Å². The van der Waals surface area contributed by atoms with Crippen molar-refractivity contribution in [2.24, 2.45) is 0 Å². The number of carbonyl (C=O) groups excluding carboxylic acids is 3. The fourth-order valence-corrected chi connectivity index (χ4v) is 5.01. The van der Waals surface area contributed by atoms with Crippen LogP contribution in [0.15, 0.2) is 54.7 Å². The molecule has 0 unspecified atom stereocenters. The first kappa shape index (κ1) is 28.1. The molecule has 2 heterocycles. The Kier molecular flexibility index (Phi) is 9.22. The third kappa shape index (κ3) is 7.37. The number of nitrogens with zero attached hydrogens (tertiary/aromatic N) is 2. The summed E-state index contributed by atoms with van der Waals surface area (Å²) in [4.78, 5) is 48.6. The summed E-state index contributed by atoms with van der Waals surface area (Å²) < 4.78 is 27.5. The summed E-state index contributed by atoms with van der Waals surface area (Å²) in [5.41, 5.74) is 1.34. The number of aromatic amines is 1. The van der Waals surface area contributed by atoms with Gasteiger partial charge in [-0.25, -0.2) is 13.8 Å². The van der Waals surface area contributed by atoms with E-state index >= 15 is 0 Å². The van der Waals surface area contributed by atoms with Crippen molar-refractivity contribution >= 4 is 17.6 Å². The number of rotatable bonds is 10. The van der Waals surface area contributed by atoms with Gasteiger partial charge in [0, 0.05) is 36.6 Å². The van der Waals surface area contributed by atoms with E-state index in [-0.39, 0.29) is 48.5 Å². The molecule has 2 aromatic carbocycles. The van der Waals surface area contributed by atoms with E-state index in [9.17, 15) is 23.2 Å². The summed E-state index contributed by atoms with van der Waals surface area (Å²) in [6.07, 6.45) is 4.33. The molecule has 39 heavy (non-hydrogen) atoms. The Morgan fingerprint density at radius 3 is 2.59 bits per heavy atom. The van der Waals surface area contributed by atoms with E-state index in [1.54, 1.807) is 11.8 Å². The van der Waals surface area contributed by atoms with Crippen LogP contribution in [-0.2, 0) is 20.8 Å². The van der Waals surface area contributed by atoms with E-state index in [0.29, 0.717) is 18.1 Å². The van der Waals surface area contributed by atoms with Gasteiger partial charge in [0.25, 0.3) is 0 Å². The molecule has 9 heteroatoms. The molecule has 206 valence electrons. The fourth-order valence-electron chi connectivity index (χ4n) is 5.01. The van der Waals surface area contributed by atoms with Crippen LogP contribution in [0.2, 0.25) is 0 Å². The van der Waals surface area contributed by atoms with Gasteiger partial charge in [0.2, 0.25) is 11.8 Å². The first-order chi connectivity index (χ1) is 18.7. The lowest BCUT2D eigenvalue weighted by molar-refractivity contribution is -0.138. The average molecular weight is 537 g/mol. The van der Waals surface area contributed by atoms with E-state index in [1.807, 2.05) is 37.3 Å². The number of hydrogen-bond donors (Lipinski definition) is 2. The van der Waals surface area contributed by atoms with Crippen LogP contribution in [0.25, 0.3) is 11.3 Å². The van der Waals surface area contributed by atoms with Crippen LogP contribution >= 0.6 is 0 Å². The van der Waals surface area contributed by atoms with Gasteiger partial charge in [0.1, 0.15) is 17.5 Å². The Bertz CT molecular complexity index is 1310. The topological polar surface area (TPSA) is 95.2 Å². The van der Waals surface area contributed by atoms with Crippen molar-refractivity contribution in [2.45, 2.75) is 70.4 Å². The standard InChI is InChI=1S/C30H34F2N4O3/c1-19(30-33-18-26(35-30)23-12-11-22(31)16-24(23)32)14-27(37)25(17-29(39)36-13-7-6-8-20(36)2)34-28(38)15-21-9-4-3-5-10-21/h3-5,9-12,16,18-20,25H,6-8,13-15,17H2,1-2H3,(H,33,35)(H,34,38)/t19-,20+,25+/m1/s1. The molecule has 4 rings (SSSR count). The molecule has 3 atom stereocenters. The zero-order valence-corrected chi connectivity index (χ0v) is 22.3. The molecule has 0 aliphatic carbocycles. The SMILES string of the molecule is C[C@H](CC(=O)[C@H](CC(=O)N1CCCC[C@@H]1C)NC(=O)Cc1ccccc1)c1ncc(-c2ccc(F)cc2F)[nH]1. The number of H-pyrrole nitrogens is 1. The second-order valence-corrected chi connectivity index (χ2v) is 10.3. The molecule has 1 saturated heterocycles. The summed E-state index contributed by atoms with van der Waals surface area (Å²) >= 11 is 0. The molecular weight excluding hydrogens is 502 g/mol.